The number of amides is 2. The van der Waals surface area contributed by atoms with Crippen molar-refractivity contribution in [1.29, 1.82) is 0 Å². The summed E-state index contributed by atoms with van der Waals surface area (Å²) in [4.78, 5) is 27.0. The fourth-order valence-corrected chi connectivity index (χ4v) is 5.15. The zero-order chi connectivity index (χ0) is 22.7. The summed E-state index contributed by atoms with van der Waals surface area (Å²) in [6, 6.07) is 13.0. The first-order chi connectivity index (χ1) is 15.5. The fraction of sp³-hybridized carbons (Fsp3) is 0.250. The molecule has 0 fully saturated rings. The fourth-order valence-electron chi connectivity index (χ4n) is 3.82. The third-order valence-corrected chi connectivity index (χ3v) is 6.76. The molecule has 0 aliphatic carbocycles. The average molecular weight is 454 g/mol. The van der Waals surface area contributed by atoms with Crippen LogP contribution in [0.1, 0.15) is 60.1 Å². The van der Waals surface area contributed by atoms with Crippen molar-refractivity contribution < 1.29 is 18.7 Å². The lowest BCUT2D eigenvalue weighted by molar-refractivity contribution is 0.0927. The topological polar surface area (TPSA) is 93.4 Å². The van der Waals surface area contributed by atoms with Crippen LogP contribution in [0.3, 0.4) is 0 Å². The quantitative estimate of drug-likeness (QED) is 0.302. The Kier molecular flexibility index (Phi) is 6.64. The van der Waals surface area contributed by atoms with Crippen LogP contribution in [-0.4, -0.2) is 18.4 Å². The number of nitrogens with two attached hydrogens (primary N) is 1. The highest BCUT2D eigenvalue weighted by molar-refractivity contribution is 7.12. The molecule has 2 heterocycles. The number of fused-ring (bicyclic) bond motifs is 1. The minimum Gasteiger partial charge on any atom is -0.376 e. The molecule has 32 heavy (non-hydrogen) atoms. The number of halogens is 1. The van der Waals surface area contributed by atoms with Crippen LogP contribution in [0, 0.1) is 5.82 Å². The molecule has 1 aromatic heterocycles. The summed E-state index contributed by atoms with van der Waals surface area (Å²) in [5, 5.41) is 3.09. The van der Waals surface area contributed by atoms with Gasteiger partial charge in [-0.3, -0.25) is 15.0 Å². The largest absolute Gasteiger partial charge is 0.376 e. The van der Waals surface area contributed by atoms with Gasteiger partial charge in [-0.1, -0.05) is 24.3 Å². The highest BCUT2D eigenvalue weighted by Crippen LogP contribution is 2.34. The number of rotatable bonds is 6. The van der Waals surface area contributed by atoms with Crippen molar-refractivity contribution in [2.24, 2.45) is 5.84 Å². The van der Waals surface area contributed by atoms with Crippen molar-refractivity contribution in [2.75, 3.05) is 6.61 Å². The third-order valence-electron chi connectivity index (χ3n) is 5.55. The van der Waals surface area contributed by atoms with Gasteiger partial charge in [-0.2, -0.15) is 0 Å². The minimum atomic E-state index is -0.370. The van der Waals surface area contributed by atoms with E-state index in [1.54, 1.807) is 47.7 Å². The van der Waals surface area contributed by atoms with E-state index in [1.165, 1.54) is 12.1 Å². The molecule has 4 N–H and O–H groups in total. The Bertz CT molecular complexity index is 1130. The van der Waals surface area contributed by atoms with Gasteiger partial charge < -0.3 is 10.1 Å². The van der Waals surface area contributed by atoms with E-state index in [4.69, 9.17) is 10.6 Å². The minimum absolute atomic E-state index is 0.141. The Morgan fingerprint density at radius 2 is 1.84 bits per heavy atom. The molecular formula is C24H24FN3O3S. The van der Waals surface area contributed by atoms with E-state index >= 15 is 0 Å². The second kappa shape index (κ2) is 9.60. The van der Waals surface area contributed by atoms with E-state index in [-0.39, 0.29) is 23.7 Å². The molecule has 1 atom stereocenters. The highest BCUT2D eigenvalue weighted by Gasteiger charge is 2.26. The molecule has 0 bridgehead atoms. The van der Waals surface area contributed by atoms with Crippen molar-refractivity contribution in [3.63, 3.8) is 0 Å². The van der Waals surface area contributed by atoms with Gasteiger partial charge in [0.25, 0.3) is 11.8 Å². The smallest absolute Gasteiger partial charge is 0.265 e. The van der Waals surface area contributed by atoms with E-state index in [0.29, 0.717) is 37.2 Å². The number of nitrogen functional groups attached to an aromatic ring is 1. The second-order valence-corrected chi connectivity index (χ2v) is 8.89. The van der Waals surface area contributed by atoms with Crippen LogP contribution in [0.15, 0.2) is 48.5 Å². The molecule has 1 aliphatic rings. The number of hydrogen-bond acceptors (Lipinski definition) is 5. The maximum atomic E-state index is 13.4. The summed E-state index contributed by atoms with van der Waals surface area (Å²) in [5.74, 6) is 4.38. The Balaban J connectivity index is 1.57. The van der Waals surface area contributed by atoms with Gasteiger partial charge in [-0.25, -0.2) is 10.2 Å². The van der Waals surface area contributed by atoms with Gasteiger partial charge in [-0.15, -0.1) is 11.3 Å². The average Bonchev–Trinajstić information content (AvgIpc) is 3.18. The number of carbonyl (C=O) groups is 2. The SMILES string of the molecule is C[C@H](NC(=O)c1c(Cc2ccc(F)cc2)sc2c1CCOC2)c1ccc(C(=O)NN)cc1. The van der Waals surface area contributed by atoms with E-state index in [9.17, 15) is 14.0 Å². The zero-order valence-electron chi connectivity index (χ0n) is 17.6. The van der Waals surface area contributed by atoms with E-state index < -0.39 is 0 Å². The first kappa shape index (κ1) is 22.1. The Morgan fingerprint density at radius 3 is 2.53 bits per heavy atom. The monoisotopic (exact) mass is 453 g/mol. The van der Waals surface area contributed by atoms with Gasteiger partial charge in [0.2, 0.25) is 0 Å². The molecule has 8 heteroatoms. The third kappa shape index (κ3) is 4.72. The van der Waals surface area contributed by atoms with Crippen molar-refractivity contribution in [3.8, 4) is 0 Å². The van der Waals surface area contributed by atoms with E-state index in [2.05, 4.69) is 10.7 Å². The molecular weight excluding hydrogens is 429 g/mol. The first-order valence-corrected chi connectivity index (χ1v) is 11.1. The molecule has 166 valence electrons. The van der Waals surface area contributed by atoms with Crippen LogP contribution < -0.4 is 16.6 Å². The predicted molar refractivity (Wildman–Crippen MR) is 121 cm³/mol. The summed E-state index contributed by atoms with van der Waals surface area (Å²) in [5.41, 5.74) is 6.11. The molecule has 1 aliphatic heterocycles. The van der Waals surface area contributed by atoms with E-state index in [0.717, 1.165) is 26.4 Å². The van der Waals surface area contributed by atoms with Crippen LogP contribution in [0.2, 0.25) is 0 Å². The van der Waals surface area contributed by atoms with Gasteiger partial charge in [0.05, 0.1) is 24.8 Å². The number of nitrogens with one attached hydrogen (secondary N) is 2. The van der Waals surface area contributed by atoms with Gasteiger partial charge in [0, 0.05) is 21.7 Å². The van der Waals surface area contributed by atoms with Crippen LogP contribution >= 0.6 is 11.3 Å². The summed E-state index contributed by atoms with van der Waals surface area (Å²) < 4.78 is 18.9. The molecule has 6 nitrogen and oxygen atoms in total. The molecule has 4 rings (SSSR count). The molecule has 0 saturated carbocycles. The van der Waals surface area contributed by atoms with Gasteiger partial charge >= 0.3 is 0 Å². The summed E-state index contributed by atoms with van der Waals surface area (Å²) in [7, 11) is 0. The van der Waals surface area contributed by atoms with Gasteiger partial charge in [0.1, 0.15) is 5.82 Å². The number of carbonyl (C=O) groups excluding carboxylic acids is 2. The maximum absolute atomic E-state index is 13.4. The lowest BCUT2D eigenvalue weighted by atomic mass is 9.99. The summed E-state index contributed by atoms with van der Waals surface area (Å²) in [6.45, 7) is 2.99. The standard InChI is InChI=1S/C24H24FN3O3S/c1-14(16-4-6-17(7-5-16)23(29)28-26)27-24(30)22-19-10-11-31-13-21(19)32-20(22)12-15-2-8-18(25)9-3-15/h2-9,14H,10-13,26H2,1H3,(H,27,30)(H,28,29)/t14-/m0/s1. The van der Waals surface area contributed by atoms with Crippen molar-refractivity contribution >= 4 is 23.2 Å². The molecule has 2 aromatic carbocycles. The molecule has 0 saturated heterocycles. The maximum Gasteiger partial charge on any atom is 0.265 e. The summed E-state index contributed by atoms with van der Waals surface area (Å²) in [6.07, 6.45) is 1.24. The van der Waals surface area contributed by atoms with Gasteiger partial charge in [-0.05, 0) is 54.3 Å². The number of thiophene rings is 1. The predicted octanol–water partition coefficient (Wildman–Crippen LogP) is 3.65. The first-order valence-electron chi connectivity index (χ1n) is 10.3. The van der Waals surface area contributed by atoms with Crippen molar-refractivity contribution in [1.82, 2.24) is 10.7 Å². The number of benzene rings is 2. The number of hydrazine groups is 1. The Hall–Kier alpha value is -3.07. The van der Waals surface area contributed by atoms with Gasteiger partial charge in [0.15, 0.2) is 0 Å². The zero-order valence-corrected chi connectivity index (χ0v) is 18.4. The summed E-state index contributed by atoms with van der Waals surface area (Å²) >= 11 is 1.58. The second-order valence-electron chi connectivity index (χ2n) is 7.70. The molecule has 2 amide bonds. The van der Waals surface area contributed by atoms with Crippen LogP contribution in [0.5, 0.6) is 0 Å². The Morgan fingerprint density at radius 1 is 1.12 bits per heavy atom. The highest BCUT2D eigenvalue weighted by atomic mass is 32.1. The number of hydrogen-bond donors (Lipinski definition) is 3. The number of ether oxygens (including phenoxy) is 1. The van der Waals surface area contributed by atoms with Crippen LogP contribution in [0.4, 0.5) is 4.39 Å². The molecule has 0 unspecified atom stereocenters. The lowest BCUT2D eigenvalue weighted by Crippen LogP contribution is -2.30. The van der Waals surface area contributed by atoms with Crippen molar-refractivity contribution in [3.05, 3.63) is 91.9 Å². The van der Waals surface area contributed by atoms with Crippen LogP contribution in [0.25, 0.3) is 0 Å². The molecule has 0 spiro atoms. The van der Waals surface area contributed by atoms with E-state index in [1.807, 2.05) is 6.92 Å². The van der Waals surface area contributed by atoms with Crippen LogP contribution in [-0.2, 0) is 24.2 Å². The lowest BCUT2D eigenvalue weighted by Gasteiger charge is -2.18. The Labute approximate surface area is 189 Å². The normalized spacial score (nSPS) is 13.8. The molecule has 3 aromatic rings. The molecule has 0 radical (unpaired) electrons. The van der Waals surface area contributed by atoms with Crippen molar-refractivity contribution in [2.45, 2.75) is 32.4 Å².